The van der Waals surface area contributed by atoms with Crippen LogP contribution in [-0.4, -0.2) is 72.1 Å². The standard InChI is InChI=1S/C29H41NO6/c1-6-9-30-13-19(5)36-25(24(32)14-30)35-16-28-12-21-18(4)7-8-22(21)27(15-31)11-20(28)10-23(17(2)3)29(27,28)26(33)34/h1,10,15,17-22,24-25,32H,7-9,11-14,16H2,2-5H3,(H,33,34)/t18-,19-,20+,21-,22-,24+,25-,27+,28+,29+/m1/s1. The fraction of sp³-hybridized carbons (Fsp3) is 0.793. The molecule has 7 heteroatoms. The van der Waals surface area contributed by atoms with Crippen LogP contribution in [0.4, 0.5) is 0 Å². The van der Waals surface area contributed by atoms with Gasteiger partial charge >= 0.3 is 5.97 Å². The maximum absolute atomic E-state index is 13.5. The Kier molecular flexibility index (Phi) is 6.43. The Morgan fingerprint density at radius 1 is 1.33 bits per heavy atom. The minimum atomic E-state index is -1.29. The highest BCUT2D eigenvalue weighted by Gasteiger charge is 2.84. The van der Waals surface area contributed by atoms with Gasteiger partial charge in [-0.1, -0.05) is 44.8 Å². The SMILES string of the molecule is C#CCN1C[C@@H](C)O[C@@H](OC[C@@]23C[C@@H]4[C@H](C)CC[C@H]4[C@@]4(C=O)C[C@@H]2C=C(C(C)C)[C@@]34C(=O)O)[C@@H](O)C1. The first kappa shape index (κ1) is 25.9. The van der Waals surface area contributed by atoms with Crippen molar-refractivity contribution < 1.29 is 29.3 Å². The second kappa shape index (κ2) is 8.94. The van der Waals surface area contributed by atoms with Crippen molar-refractivity contribution in [2.24, 2.45) is 45.8 Å². The van der Waals surface area contributed by atoms with E-state index in [0.29, 0.717) is 37.9 Å². The number of rotatable bonds is 7. The van der Waals surface area contributed by atoms with E-state index in [9.17, 15) is 19.8 Å². The molecule has 10 atom stereocenters. The number of fused-ring (bicyclic) bond motifs is 2. The van der Waals surface area contributed by atoms with Gasteiger partial charge in [0.15, 0.2) is 6.29 Å². The molecular formula is C29H41NO6. The lowest BCUT2D eigenvalue weighted by atomic mass is 9.43. The van der Waals surface area contributed by atoms with Gasteiger partial charge in [-0.15, -0.1) is 6.42 Å². The van der Waals surface area contributed by atoms with Gasteiger partial charge in [0.25, 0.3) is 0 Å². The number of carboxylic acids is 1. The molecule has 7 nitrogen and oxygen atoms in total. The predicted octanol–water partition coefficient (Wildman–Crippen LogP) is 2.97. The van der Waals surface area contributed by atoms with E-state index in [0.717, 1.165) is 31.1 Å². The third-order valence-electron chi connectivity index (χ3n) is 10.6. The number of hydrogen-bond donors (Lipinski definition) is 2. The summed E-state index contributed by atoms with van der Waals surface area (Å²) < 4.78 is 12.5. The lowest BCUT2D eigenvalue weighted by Gasteiger charge is -2.58. The second-order valence-electron chi connectivity index (χ2n) is 12.6. The molecule has 5 aliphatic rings. The topological polar surface area (TPSA) is 96.3 Å². The Hall–Kier alpha value is -1.72. The third-order valence-corrected chi connectivity index (χ3v) is 10.6. The normalized spacial score (nSPS) is 47.8. The smallest absolute Gasteiger partial charge is 0.315 e. The second-order valence-corrected chi connectivity index (χ2v) is 12.6. The lowest BCUT2D eigenvalue weighted by molar-refractivity contribution is -0.235. The highest BCUT2D eigenvalue weighted by molar-refractivity contribution is 5.90. The molecule has 4 fully saturated rings. The molecule has 3 saturated carbocycles. The summed E-state index contributed by atoms with van der Waals surface area (Å²) in [5.41, 5.74) is -2.07. The molecule has 4 aliphatic carbocycles. The van der Waals surface area contributed by atoms with Gasteiger partial charge in [0.1, 0.15) is 17.8 Å². The summed E-state index contributed by atoms with van der Waals surface area (Å²) in [6.45, 7) is 9.72. The summed E-state index contributed by atoms with van der Waals surface area (Å²) in [6, 6.07) is 0. The van der Waals surface area contributed by atoms with E-state index in [1.807, 2.05) is 25.7 Å². The molecule has 36 heavy (non-hydrogen) atoms. The molecule has 1 heterocycles. The number of aliphatic carboxylic acids is 1. The predicted molar refractivity (Wildman–Crippen MR) is 134 cm³/mol. The van der Waals surface area contributed by atoms with Crippen LogP contribution >= 0.6 is 0 Å². The van der Waals surface area contributed by atoms with E-state index in [4.69, 9.17) is 15.9 Å². The van der Waals surface area contributed by atoms with Crippen molar-refractivity contribution in [3.8, 4) is 12.3 Å². The molecule has 0 aromatic rings. The minimum absolute atomic E-state index is 0.0116. The van der Waals surface area contributed by atoms with Crippen LogP contribution in [0, 0.1) is 58.2 Å². The fourth-order valence-electron chi connectivity index (χ4n) is 9.42. The number of nitrogens with zero attached hydrogens (tertiary/aromatic N) is 1. The van der Waals surface area contributed by atoms with Crippen LogP contribution in [0.25, 0.3) is 0 Å². The zero-order valence-corrected chi connectivity index (χ0v) is 22.0. The van der Waals surface area contributed by atoms with E-state index >= 15 is 0 Å². The number of aliphatic hydroxyl groups is 1. The molecule has 0 radical (unpaired) electrons. The first-order valence-electron chi connectivity index (χ1n) is 13.6. The molecule has 0 aromatic heterocycles. The van der Waals surface area contributed by atoms with Crippen LogP contribution in [0.5, 0.6) is 0 Å². The van der Waals surface area contributed by atoms with Gasteiger partial charge in [0, 0.05) is 18.5 Å². The van der Waals surface area contributed by atoms with E-state index in [2.05, 4.69) is 18.9 Å². The Morgan fingerprint density at radius 3 is 2.72 bits per heavy atom. The maximum atomic E-state index is 13.5. The summed E-state index contributed by atoms with van der Waals surface area (Å²) >= 11 is 0. The molecule has 0 unspecified atom stereocenters. The molecule has 0 amide bonds. The highest BCUT2D eigenvalue weighted by atomic mass is 16.7. The highest BCUT2D eigenvalue weighted by Crippen LogP contribution is 2.82. The van der Waals surface area contributed by atoms with Gasteiger partial charge in [0.2, 0.25) is 0 Å². The van der Waals surface area contributed by atoms with E-state index in [-0.39, 0.29) is 30.5 Å². The number of carboxylic acid groups (broad SMARTS) is 1. The number of carbonyl (C=O) groups excluding carboxylic acids is 1. The Balaban J connectivity index is 1.54. The van der Waals surface area contributed by atoms with Gasteiger partial charge in [0.05, 0.1) is 24.7 Å². The number of β-amino-alcohol motifs (C(OH)–C–C–N with tert-alkyl or cyclic N) is 1. The zero-order chi connectivity index (χ0) is 26.0. The number of ether oxygens (including phenoxy) is 2. The van der Waals surface area contributed by atoms with E-state index in [1.54, 1.807) is 0 Å². The quantitative estimate of drug-likeness (QED) is 0.316. The number of aliphatic hydroxyl groups excluding tert-OH is 1. The first-order valence-corrected chi connectivity index (χ1v) is 13.6. The number of hydrogen-bond acceptors (Lipinski definition) is 6. The first-order chi connectivity index (χ1) is 17.1. The van der Waals surface area contributed by atoms with E-state index in [1.165, 1.54) is 0 Å². The Morgan fingerprint density at radius 2 is 2.08 bits per heavy atom. The van der Waals surface area contributed by atoms with E-state index < -0.39 is 34.6 Å². The van der Waals surface area contributed by atoms with Gasteiger partial charge < -0.3 is 24.5 Å². The van der Waals surface area contributed by atoms with Crippen molar-refractivity contribution in [3.63, 3.8) is 0 Å². The molecule has 0 spiro atoms. The molecular weight excluding hydrogens is 458 g/mol. The van der Waals surface area contributed by atoms with Gasteiger partial charge in [-0.3, -0.25) is 9.69 Å². The zero-order valence-electron chi connectivity index (χ0n) is 22.0. The fourth-order valence-corrected chi connectivity index (χ4v) is 9.42. The lowest BCUT2D eigenvalue weighted by Crippen LogP contribution is -2.63. The number of carbonyl (C=O) groups is 2. The Bertz CT molecular complexity index is 987. The average Bonchev–Trinajstić information content (AvgIpc) is 3.34. The van der Waals surface area contributed by atoms with Crippen LogP contribution in [0.1, 0.15) is 53.4 Å². The molecule has 0 aromatic carbocycles. The molecule has 2 N–H and O–H groups in total. The number of allylic oxidation sites excluding steroid dienone is 1. The third kappa shape index (κ3) is 3.20. The monoisotopic (exact) mass is 499 g/mol. The molecule has 1 saturated heterocycles. The van der Waals surface area contributed by atoms with Crippen molar-refractivity contribution in [2.45, 2.75) is 71.9 Å². The van der Waals surface area contributed by atoms with Crippen LogP contribution in [-0.2, 0) is 19.1 Å². The van der Waals surface area contributed by atoms with Crippen LogP contribution < -0.4 is 0 Å². The van der Waals surface area contributed by atoms with Crippen molar-refractivity contribution in [1.82, 2.24) is 4.90 Å². The summed E-state index contributed by atoms with van der Waals surface area (Å²) in [4.78, 5) is 28.6. The molecule has 5 rings (SSSR count). The largest absolute Gasteiger partial charge is 0.481 e. The summed E-state index contributed by atoms with van der Waals surface area (Å²) in [5.74, 6) is 2.51. The Labute approximate surface area is 214 Å². The van der Waals surface area contributed by atoms with Crippen molar-refractivity contribution in [1.29, 1.82) is 0 Å². The van der Waals surface area contributed by atoms with Crippen molar-refractivity contribution in [3.05, 3.63) is 11.6 Å². The van der Waals surface area contributed by atoms with Gasteiger partial charge in [-0.25, -0.2) is 0 Å². The summed E-state index contributed by atoms with van der Waals surface area (Å²) in [6.07, 6.45) is 9.91. The van der Waals surface area contributed by atoms with Crippen molar-refractivity contribution >= 4 is 12.3 Å². The average molecular weight is 500 g/mol. The molecule has 1 aliphatic heterocycles. The van der Waals surface area contributed by atoms with Gasteiger partial charge in [-0.05, 0) is 55.8 Å². The number of terminal acetylenes is 1. The summed E-state index contributed by atoms with van der Waals surface area (Å²) in [5, 5.41) is 22.0. The van der Waals surface area contributed by atoms with Crippen LogP contribution in [0.3, 0.4) is 0 Å². The van der Waals surface area contributed by atoms with Gasteiger partial charge in [-0.2, -0.15) is 0 Å². The molecule has 198 valence electrons. The maximum Gasteiger partial charge on any atom is 0.315 e. The minimum Gasteiger partial charge on any atom is -0.481 e. The van der Waals surface area contributed by atoms with Crippen LogP contribution in [0.15, 0.2) is 11.6 Å². The number of aldehydes is 1. The summed E-state index contributed by atoms with van der Waals surface area (Å²) in [7, 11) is 0. The van der Waals surface area contributed by atoms with Crippen LogP contribution in [0.2, 0.25) is 0 Å². The molecule has 4 bridgehead atoms. The van der Waals surface area contributed by atoms with Crippen molar-refractivity contribution in [2.75, 3.05) is 26.2 Å².